The van der Waals surface area contributed by atoms with Gasteiger partial charge in [0.2, 0.25) is 5.91 Å². The van der Waals surface area contributed by atoms with E-state index in [0.29, 0.717) is 11.9 Å². The molecule has 1 saturated carbocycles. The van der Waals surface area contributed by atoms with E-state index in [1.54, 1.807) is 0 Å². The molecular formula is C8H13NO. The lowest BCUT2D eigenvalue weighted by molar-refractivity contribution is -0.133. The van der Waals surface area contributed by atoms with Crippen LogP contribution in [0.3, 0.4) is 0 Å². The standard InChI is InChI=1S/C8H13NO/c10-8-3-1-2-6-9(8)7-4-5-7/h7H,1-6H2. The van der Waals surface area contributed by atoms with Gasteiger partial charge in [-0.2, -0.15) is 0 Å². The van der Waals surface area contributed by atoms with Gasteiger partial charge in [0.1, 0.15) is 0 Å². The van der Waals surface area contributed by atoms with Crippen LogP contribution in [-0.4, -0.2) is 23.4 Å². The summed E-state index contributed by atoms with van der Waals surface area (Å²) in [6.07, 6.45) is 5.65. The number of amides is 1. The fraction of sp³-hybridized carbons (Fsp3) is 0.875. The molecule has 0 aromatic rings. The van der Waals surface area contributed by atoms with Crippen molar-refractivity contribution in [3.05, 3.63) is 0 Å². The fourth-order valence-electron chi connectivity index (χ4n) is 1.60. The molecule has 0 bridgehead atoms. The van der Waals surface area contributed by atoms with Gasteiger partial charge in [-0.05, 0) is 25.7 Å². The van der Waals surface area contributed by atoms with E-state index >= 15 is 0 Å². The highest BCUT2D eigenvalue weighted by Gasteiger charge is 2.33. The number of likely N-dealkylation sites (tertiary alicyclic amines) is 1. The Balaban J connectivity index is 1.96. The molecule has 0 radical (unpaired) electrons. The first kappa shape index (κ1) is 6.20. The van der Waals surface area contributed by atoms with Gasteiger partial charge in [0.25, 0.3) is 0 Å². The minimum Gasteiger partial charge on any atom is -0.340 e. The first-order valence-electron chi connectivity index (χ1n) is 4.17. The van der Waals surface area contributed by atoms with E-state index in [1.807, 2.05) is 0 Å². The number of nitrogens with zero attached hydrogens (tertiary/aromatic N) is 1. The molecule has 1 heterocycles. The number of carbonyl (C=O) groups excluding carboxylic acids is 1. The lowest BCUT2D eigenvalue weighted by Gasteiger charge is -2.26. The van der Waals surface area contributed by atoms with E-state index in [2.05, 4.69) is 4.90 Å². The average molecular weight is 139 g/mol. The van der Waals surface area contributed by atoms with Crippen LogP contribution in [0.1, 0.15) is 32.1 Å². The summed E-state index contributed by atoms with van der Waals surface area (Å²) in [5.41, 5.74) is 0. The second-order valence-corrected chi connectivity index (χ2v) is 3.28. The smallest absolute Gasteiger partial charge is 0.222 e. The zero-order chi connectivity index (χ0) is 6.97. The Kier molecular flexibility index (Phi) is 1.40. The van der Waals surface area contributed by atoms with Gasteiger partial charge in [0, 0.05) is 19.0 Å². The van der Waals surface area contributed by atoms with Crippen LogP contribution < -0.4 is 0 Å². The van der Waals surface area contributed by atoms with Crippen molar-refractivity contribution < 1.29 is 4.79 Å². The van der Waals surface area contributed by atoms with E-state index < -0.39 is 0 Å². The molecule has 0 atom stereocenters. The molecule has 2 nitrogen and oxygen atoms in total. The van der Waals surface area contributed by atoms with Crippen molar-refractivity contribution in [1.82, 2.24) is 4.90 Å². The highest BCUT2D eigenvalue weighted by Crippen LogP contribution is 2.29. The molecule has 2 heteroatoms. The third kappa shape index (κ3) is 1.02. The molecular weight excluding hydrogens is 126 g/mol. The van der Waals surface area contributed by atoms with Crippen molar-refractivity contribution in [1.29, 1.82) is 0 Å². The Morgan fingerprint density at radius 2 is 2.10 bits per heavy atom. The molecule has 10 heavy (non-hydrogen) atoms. The van der Waals surface area contributed by atoms with Gasteiger partial charge >= 0.3 is 0 Å². The fourth-order valence-corrected chi connectivity index (χ4v) is 1.60. The van der Waals surface area contributed by atoms with Crippen LogP contribution in [0, 0.1) is 0 Å². The third-order valence-electron chi connectivity index (χ3n) is 2.35. The minimum absolute atomic E-state index is 0.397. The second-order valence-electron chi connectivity index (χ2n) is 3.28. The number of hydrogen-bond acceptors (Lipinski definition) is 1. The largest absolute Gasteiger partial charge is 0.340 e. The summed E-state index contributed by atoms with van der Waals surface area (Å²) >= 11 is 0. The number of carbonyl (C=O) groups is 1. The van der Waals surface area contributed by atoms with Gasteiger partial charge in [-0.15, -0.1) is 0 Å². The molecule has 0 N–H and O–H groups in total. The van der Waals surface area contributed by atoms with Crippen LogP contribution >= 0.6 is 0 Å². The van der Waals surface area contributed by atoms with E-state index in [-0.39, 0.29) is 0 Å². The van der Waals surface area contributed by atoms with Gasteiger partial charge in [0.05, 0.1) is 0 Å². The Morgan fingerprint density at radius 1 is 1.30 bits per heavy atom. The molecule has 1 aliphatic heterocycles. The summed E-state index contributed by atoms with van der Waals surface area (Å²) in [6.45, 7) is 1.03. The first-order valence-corrected chi connectivity index (χ1v) is 4.17. The Morgan fingerprint density at radius 3 is 2.70 bits per heavy atom. The lowest BCUT2D eigenvalue weighted by Crippen LogP contribution is -2.36. The van der Waals surface area contributed by atoms with E-state index in [0.717, 1.165) is 19.4 Å². The molecule has 0 aromatic heterocycles. The van der Waals surface area contributed by atoms with Crippen molar-refractivity contribution in [3.63, 3.8) is 0 Å². The quantitative estimate of drug-likeness (QED) is 0.534. The highest BCUT2D eigenvalue weighted by molar-refractivity contribution is 5.77. The third-order valence-corrected chi connectivity index (χ3v) is 2.35. The van der Waals surface area contributed by atoms with Crippen LogP contribution in [0.5, 0.6) is 0 Å². The average Bonchev–Trinajstić information content (AvgIpc) is 2.71. The zero-order valence-electron chi connectivity index (χ0n) is 6.18. The predicted octanol–water partition coefficient (Wildman–Crippen LogP) is 1.16. The minimum atomic E-state index is 0.397. The van der Waals surface area contributed by atoms with Crippen LogP contribution in [0.25, 0.3) is 0 Å². The van der Waals surface area contributed by atoms with E-state index in [1.165, 1.54) is 19.3 Å². The van der Waals surface area contributed by atoms with Gasteiger partial charge < -0.3 is 4.90 Å². The monoisotopic (exact) mass is 139 g/mol. The number of hydrogen-bond donors (Lipinski definition) is 0. The molecule has 2 rings (SSSR count). The van der Waals surface area contributed by atoms with Crippen molar-refractivity contribution in [2.24, 2.45) is 0 Å². The Bertz CT molecular complexity index is 151. The molecule has 0 spiro atoms. The number of piperidine rings is 1. The molecule has 0 aromatic carbocycles. The first-order chi connectivity index (χ1) is 4.88. The predicted molar refractivity (Wildman–Crippen MR) is 38.6 cm³/mol. The molecule has 1 saturated heterocycles. The van der Waals surface area contributed by atoms with Crippen LogP contribution in [0.2, 0.25) is 0 Å². The highest BCUT2D eigenvalue weighted by atomic mass is 16.2. The van der Waals surface area contributed by atoms with Crippen molar-refractivity contribution in [2.45, 2.75) is 38.1 Å². The van der Waals surface area contributed by atoms with Gasteiger partial charge in [-0.3, -0.25) is 4.79 Å². The number of rotatable bonds is 1. The summed E-state index contributed by atoms with van der Waals surface area (Å²) in [6, 6.07) is 0.646. The zero-order valence-corrected chi connectivity index (χ0v) is 6.18. The van der Waals surface area contributed by atoms with E-state index in [4.69, 9.17) is 0 Å². The summed E-state index contributed by atoms with van der Waals surface area (Å²) < 4.78 is 0. The van der Waals surface area contributed by atoms with Gasteiger partial charge in [0.15, 0.2) is 0 Å². The Hall–Kier alpha value is -0.530. The second kappa shape index (κ2) is 2.26. The van der Waals surface area contributed by atoms with Crippen LogP contribution in [0.4, 0.5) is 0 Å². The van der Waals surface area contributed by atoms with Gasteiger partial charge in [-0.1, -0.05) is 0 Å². The van der Waals surface area contributed by atoms with Crippen LogP contribution in [-0.2, 0) is 4.79 Å². The van der Waals surface area contributed by atoms with Crippen molar-refractivity contribution in [2.75, 3.05) is 6.54 Å². The summed E-state index contributed by atoms with van der Waals surface area (Å²) in [4.78, 5) is 13.3. The molecule has 2 aliphatic rings. The maximum absolute atomic E-state index is 11.2. The molecule has 1 aliphatic carbocycles. The molecule has 2 fully saturated rings. The van der Waals surface area contributed by atoms with Crippen LogP contribution in [0.15, 0.2) is 0 Å². The molecule has 0 unspecified atom stereocenters. The summed E-state index contributed by atoms with van der Waals surface area (Å²) in [7, 11) is 0. The maximum atomic E-state index is 11.2. The summed E-state index contributed by atoms with van der Waals surface area (Å²) in [5, 5.41) is 0. The lowest BCUT2D eigenvalue weighted by atomic mass is 10.1. The maximum Gasteiger partial charge on any atom is 0.222 e. The van der Waals surface area contributed by atoms with E-state index in [9.17, 15) is 4.79 Å². The van der Waals surface area contributed by atoms with Gasteiger partial charge in [-0.25, -0.2) is 0 Å². The topological polar surface area (TPSA) is 20.3 Å². The van der Waals surface area contributed by atoms with Crippen molar-refractivity contribution >= 4 is 5.91 Å². The Labute approximate surface area is 61.2 Å². The van der Waals surface area contributed by atoms with Crippen molar-refractivity contribution in [3.8, 4) is 0 Å². The SMILES string of the molecule is O=C1CCCCN1C1CC1. The normalized spacial score (nSPS) is 27.2. The molecule has 1 amide bonds. The summed E-state index contributed by atoms with van der Waals surface area (Å²) in [5.74, 6) is 0.397. The molecule has 56 valence electrons.